The van der Waals surface area contributed by atoms with E-state index in [1.807, 2.05) is 0 Å². The first-order valence-corrected chi connectivity index (χ1v) is 3.70. The fraction of sp³-hybridized carbons (Fsp3) is 0.571. The van der Waals surface area contributed by atoms with Gasteiger partial charge in [-0.05, 0) is 7.05 Å². The average molecular weight is 150 g/mol. The molecule has 2 rings (SSSR count). The van der Waals surface area contributed by atoms with E-state index in [4.69, 9.17) is 0 Å². The second-order valence-corrected chi connectivity index (χ2v) is 2.84. The topological polar surface area (TPSA) is 41.9 Å². The normalized spacial score (nSPS) is 17.9. The number of likely N-dealkylation sites (N-methyl/N-ethyl adjacent to an activating group) is 1. The van der Waals surface area contributed by atoms with Crippen LogP contribution in [0.2, 0.25) is 0 Å². The molecule has 0 aliphatic carbocycles. The molecule has 0 atom stereocenters. The Labute approximate surface area is 65.3 Å². The van der Waals surface area contributed by atoms with E-state index in [0.717, 1.165) is 30.9 Å². The fourth-order valence-electron chi connectivity index (χ4n) is 1.29. The van der Waals surface area contributed by atoms with Gasteiger partial charge in [-0.15, -0.1) is 5.10 Å². The summed E-state index contributed by atoms with van der Waals surface area (Å²) in [6, 6.07) is 0. The number of rotatable bonds is 0. The highest BCUT2D eigenvalue weighted by atomic mass is 15.2. The molecule has 0 amide bonds. The first-order valence-electron chi connectivity index (χ1n) is 3.70. The van der Waals surface area contributed by atoms with Gasteiger partial charge in [-0.1, -0.05) is 0 Å². The van der Waals surface area contributed by atoms with Crippen molar-refractivity contribution in [1.82, 2.24) is 20.1 Å². The van der Waals surface area contributed by atoms with Crippen LogP contribution in [0.5, 0.6) is 0 Å². The van der Waals surface area contributed by atoms with Gasteiger partial charge in [0.05, 0.1) is 11.4 Å². The van der Waals surface area contributed by atoms with Crippen molar-refractivity contribution < 1.29 is 0 Å². The Balaban J connectivity index is 2.34. The number of hydrogen-bond donors (Lipinski definition) is 0. The summed E-state index contributed by atoms with van der Waals surface area (Å²) in [5.41, 5.74) is 2.14. The molecular weight excluding hydrogens is 140 g/mol. The molecule has 0 radical (unpaired) electrons. The Morgan fingerprint density at radius 1 is 1.45 bits per heavy atom. The Hall–Kier alpha value is -1.03. The van der Waals surface area contributed by atoms with Crippen molar-refractivity contribution in [3.8, 4) is 0 Å². The summed E-state index contributed by atoms with van der Waals surface area (Å²) in [5.74, 6) is 0. The fourth-order valence-corrected chi connectivity index (χ4v) is 1.29. The third-order valence-corrected chi connectivity index (χ3v) is 1.93. The molecule has 58 valence electrons. The van der Waals surface area contributed by atoms with Crippen LogP contribution < -0.4 is 0 Å². The van der Waals surface area contributed by atoms with Gasteiger partial charge in [-0.3, -0.25) is 0 Å². The van der Waals surface area contributed by atoms with E-state index in [9.17, 15) is 0 Å². The molecule has 0 unspecified atom stereocenters. The Bertz CT molecular complexity index is 260. The largest absolute Gasteiger partial charge is 0.300 e. The van der Waals surface area contributed by atoms with E-state index < -0.39 is 0 Å². The zero-order valence-corrected chi connectivity index (χ0v) is 6.49. The van der Waals surface area contributed by atoms with Crippen molar-refractivity contribution in [3.05, 3.63) is 17.7 Å². The number of hydrogen-bond acceptors (Lipinski definition) is 4. The van der Waals surface area contributed by atoms with Gasteiger partial charge in [0, 0.05) is 19.5 Å². The minimum absolute atomic E-state index is 0.885. The second-order valence-electron chi connectivity index (χ2n) is 2.84. The summed E-state index contributed by atoms with van der Waals surface area (Å²) < 4.78 is 0. The minimum Gasteiger partial charge on any atom is -0.300 e. The molecule has 0 aromatic carbocycles. The standard InChI is InChI=1S/C7H10N4/c1-11-3-2-6-7(4-11)10-9-5-8-6/h5H,2-4H2,1H3. The predicted octanol–water partition coefficient (Wildman–Crippen LogP) is -0.141. The van der Waals surface area contributed by atoms with Crippen LogP contribution in [0.15, 0.2) is 6.33 Å². The Morgan fingerprint density at radius 3 is 3.27 bits per heavy atom. The molecule has 0 saturated heterocycles. The second kappa shape index (κ2) is 2.54. The molecular formula is C7H10N4. The van der Waals surface area contributed by atoms with E-state index in [-0.39, 0.29) is 0 Å². The molecule has 1 aromatic heterocycles. The van der Waals surface area contributed by atoms with E-state index >= 15 is 0 Å². The van der Waals surface area contributed by atoms with Crippen molar-refractivity contribution in [3.63, 3.8) is 0 Å². The molecule has 4 heteroatoms. The van der Waals surface area contributed by atoms with Gasteiger partial charge >= 0.3 is 0 Å². The summed E-state index contributed by atoms with van der Waals surface area (Å²) in [7, 11) is 2.08. The lowest BCUT2D eigenvalue weighted by atomic mass is 10.1. The highest BCUT2D eigenvalue weighted by Gasteiger charge is 2.14. The molecule has 0 N–H and O–H groups in total. The van der Waals surface area contributed by atoms with Crippen molar-refractivity contribution >= 4 is 0 Å². The summed E-state index contributed by atoms with van der Waals surface area (Å²) >= 11 is 0. The van der Waals surface area contributed by atoms with Crippen LogP contribution in [0.25, 0.3) is 0 Å². The van der Waals surface area contributed by atoms with Crippen molar-refractivity contribution in [1.29, 1.82) is 0 Å². The molecule has 0 saturated carbocycles. The van der Waals surface area contributed by atoms with Crippen LogP contribution in [-0.4, -0.2) is 33.7 Å². The highest BCUT2D eigenvalue weighted by molar-refractivity contribution is 5.11. The molecule has 11 heavy (non-hydrogen) atoms. The van der Waals surface area contributed by atoms with Crippen LogP contribution in [0.1, 0.15) is 11.4 Å². The highest BCUT2D eigenvalue weighted by Crippen LogP contribution is 2.10. The number of nitrogens with zero attached hydrogens (tertiary/aromatic N) is 4. The van der Waals surface area contributed by atoms with E-state index in [1.165, 1.54) is 6.33 Å². The molecule has 0 fully saturated rings. The number of fused-ring (bicyclic) bond motifs is 1. The third-order valence-electron chi connectivity index (χ3n) is 1.93. The maximum atomic E-state index is 4.15. The van der Waals surface area contributed by atoms with Crippen molar-refractivity contribution in [2.24, 2.45) is 0 Å². The lowest BCUT2D eigenvalue weighted by Gasteiger charge is -2.21. The SMILES string of the molecule is CN1CCc2ncnnc2C1. The molecule has 1 aromatic rings. The minimum atomic E-state index is 0.885. The quantitative estimate of drug-likeness (QED) is 0.516. The first kappa shape index (κ1) is 6.67. The van der Waals surface area contributed by atoms with Crippen LogP contribution >= 0.6 is 0 Å². The molecule has 0 spiro atoms. The zero-order chi connectivity index (χ0) is 7.68. The smallest absolute Gasteiger partial charge is 0.138 e. The maximum Gasteiger partial charge on any atom is 0.138 e. The Morgan fingerprint density at radius 2 is 2.36 bits per heavy atom. The maximum absolute atomic E-state index is 4.15. The van der Waals surface area contributed by atoms with Gasteiger partial charge in [0.15, 0.2) is 0 Å². The molecule has 2 heterocycles. The summed E-state index contributed by atoms with van der Waals surface area (Å²) in [5, 5.41) is 7.76. The third kappa shape index (κ3) is 1.21. The van der Waals surface area contributed by atoms with E-state index in [2.05, 4.69) is 27.1 Å². The molecule has 0 bridgehead atoms. The lowest BCUT2D eigenvalue weighted by molar-refractivity contribution is 0.302. The molecule has 4 nitrogen and oxygen atoms in total. The predicted molar refractivity (Wildman–Crippen MR) is 39.9 cm³/mol. The van der Waals surface area contributed by atoms with E-state index in [1.54, 1.807) is 0 Å². The zero-order valence-electron chi connectivity index (χ0n) is 6.49. The van der Waals surface area contributed by atoms with Gasteiger partial charge in [0.2, 0.25) is 0 Å². The van der Waals surface area contributed by atoms with Crippen molar-refractivity contribution in [2.75, 3.05) is 13.6 Å². The van der Waals surface area contributed by atoms with Crippen LogP contribution in [0.4, 0.5) is 0 Å². The number of aromatic nitrogens is 3. The molecule has 1 aliphatic heterocycles. The van der Waals surface area contributed by atoms with Gasteiger partial charge in [-0.2, -0.15) is 5.10 Å². The van der Waals surface area contributed by atoms with Crippen LogP contribution in [0, 0.1) is 0 Å². The van der Waals surface area contributed by atoms with Gasteiger partial charge in [-0.25, -0.2) is 4.98 Å². The summed E-state index contributed by atoms with van der Waals surface area (Å²) in [6.07, 6.45) is 2.52. The van der Waals surface area contributed by atoms with Crippen molar-refractivity contribution in [2.45, 2.75) is 13.0 Å². The van der Waals surface area contributed by atoms with Gasteiger partial charge in [0.1, 0.15) is 6.33 Å². The first-order chi connectivity index (χ1) is 5.36. The average Bonchev–Trinajstić information content (AvgIpc) is 2.04. The molecule has 1 aliphatic rings. The van der Waals surface area contributed by atoms with E-state index in [0.29, 0.717) is 0 Å². The van der Waals surface area contributed by atoms with Crippen LogP contribution in [0.3, 0.4) is 0 Å². The van der Waals surface area contributed by atoms with Gasteiger partial charge in [0.25, 0.3) is 0 Å². The Kier molecular flexibility index (Phi) is 1.54. The van der Waals surface area contributed by atoms with Crippen LogP contribution in [-0.2, 0) is 13.0 Å². The summed E-state index contributed by atoms with van der Waals surface area (Å²) in [4.78, 5) is 6.37. The monoisotopic (exact) mass is 150 g/mol. The summed E-state index contributed by atoms with van der Waals surface area (Å²) in [6.45, 7) is 1.96. The lowest BCUT2D eigenvalue weighted by Crippen LogP contribution is -2.28. The van der Waals surface area contributed by atoms with Gasteiger partial charge < -0.3 is 4.90 Å².